The summed E-state index contributed by atoms with van der Waals surface area (Å²) in [4.78, 5) is 12.3. The number of nitrogens with two attached hydrogens (primary N) is 1. The molecule has 6 nitrogen and oxygen atoms in total. The summed E-state index contributed by atoms with van der Waals surface area (Å²) >= 11 is 0. The average Bonchev–Trinajstić information content (AvgIpc) is 3.34. The maximum atomic E-state index is 5.52. The molecule has 1 aliphatic rings. The van der Waals surface area contributed by atoms with Gasteiger partial charge in [0.25, 0.3) is 0 Å². The van der Waals surface area contributed by atoms with Crippen LogP contribution >= 0.6 is 0 Å². The van der Waals surface area contributed by atoms with Crippen LogP contribution in [0.4, 0.5) is 5.95 Å². The average molecular weight is 392 g/mol. The van der Waals surface area contributed by atoms with Crippen LogP contribution in [-0.4, -0.2) is 24.7 Å². The highest BCUT2D eigenvalue weighted by Crippen LogP contribution is 2.39. The van der Waals surface area contributed by atoms with E-state index in [0.29, 0.717) is 11.5 Å². The molecule has 0 saturated heterocycles. The molecule has 0 radical (unpaired) electrons. The van der Waals surface area contributed by atoms with Crippen molar-refractivity contribution >= 4 is 5.95 Å². The van der Waals surface area contributed by atoms with Gasteiger partial charge in [-0.25, -0.2) is 14.6 Å². The lowest BCUT2D eigenvalue weighted by Gasteiger charge is -2.10. The van der Waals surface area contributed by atoms with Crippen molar-refractivity contribution in [1.82, 2.24) is 24.7 Å². The van der Waals surface area contributed by atoms with E-state index in [0.717, 1.165) is 24.1 Å². The highest BCUT2D eigenvalue weighted by Gasteiger charge is 2.30. The van der Waals surface area contributed by atoms with Gasteiger partial charge in [0.1, 0.15) is 0 Å². The predicted molar refractivity (Wildman–Crippen MR) is 115 cm³/mol. The number of pyridine rings is 1. The molecule has 5 rings (SSSR count). The van der Waals surface area contributed by atoms with E-state index in [1.54, 1.807) is 18.6 Å². The molecule has 0 aliphatic heterocycles. The van der Waals surface area contributed by atoms with Crippen molar-refractivity contribution in [1.29, 1.82) is 0 Å². The Balaban J connectivity index is 1.48. The van der Waals surface area contributed by atoms with E-state index in [1.807, 2.05) is 16.9 Å². The minimum absolute atomic E-state index is 0.236. The van der Waals surface area contributed by atoms with Gasteiger partial charge in [0.2, 0.25) is 5.95 Å². The second-order valence-corrected chi connectivity index (χ2v) is 7.37. The number of nitrogen functional groups attached to an aromatic ring is 1. The summed E-state index contributed by atoms with van der Waals surface area (Å²) in [5.41, 5.74) is 13.0. The van der Waals surface area contributed by atoms with Crippen molar-refractivity contribution in [3.8, 4) is 17.5 Å². The zero-order valence-corrected chi connectivity index (χ0v) is 16.6. The van der Waals surface area contributed by atoms with Crippen LogP contribution in [0.15, 0.2) is 61.2 Å². The van der Waals surface area contributed by atoms with Crippen LogP contribution in [0, 0.1) is 18.8 Å². The quantitative estimate of drug-likeness (QED) is 0.529. The molecule has 146 valence electrons. The van der Waals surface area contributed by atoms with Crippen molar-refractivity contribution in [2.24, 2.45) is 0 Å². The zero-order valence-electron chi connectivity index (χ0n) is 16.6. The fourth-order valence-electron chi connectivity index (χ4n) is 3.99. The molecule has 0 saturated carbocycles. The van der Waals surface area contributed by atoms with Crippen molar-refractivity contribution in [3.63, 3.8) is 0 Å². The first-order chi connectivity index (χ1) is 14.7. The first-order valence-corrected chi connectivity index (χ1v) is 9.87. The van der Waals surface area contributed by atoms with Crippen LogP contribution in [0.5, 0.6) is 0 Å². The lowest BCUT2D eigenvalue weighted by molar-refractivity contribution is 0.716. The first-order valence-electron chi connectivity index (χ1n) is 9.87. The molecule has 3 aromatic heterocycles. The second kappa shape index (κ2) is 7.45. The van der Waals surface area contributed by atoms with Gasteiger partial charge in [-0.05, 0) is 37.0 Å². The fraction of sp³-hybridized carbons (Fsp3) is 0.167. The molecule has 1 aromatic carbocycles. The Morgan fingerprint density at radius 3 is 2.57 bits per heavy atom. The maximum absolute atomic E-state index is 5.52. The highest BCUT2D eigenvalue weighted by atomic mass is 15.3. The SMILES string of the molecule is Cc1c2c(nn1-c1cncc(C#Cc3cnc(N)nc3)c1)C(c1ccccc1)CC2. The van der Waals surface area contributed by atoms with E-state index in [9.17, 15) is 0 Å². The van der Waals surface area contributed by atoms with Crippen LogP contribution in [0.3, 0.4) is 0 Å². The molecule has 0 bridgehead atoms. The van der Waals surface area contributed by atoms with Gasteiger partial charge in [0, 0.05) is 35.8 Å². The summed E-state index contributed by atoms with van der Waals surface area (Å²) in [6.07, 6.45) is 8.94. The maximum Gasteiger partial charge on any atom is 0.219 e. The van der Waals surface area contributed by atoms with Crippen LogP contribution in [0.1, 0.15) is 46.0 Å². The third-order valence-corrected chi connectivity index (χ3v) is 5.48. The summed E-state index contributed by atoms with van der Waals surface area (Å²) in [6, 6.07) is 12.6. The summed E-state index contributed by atoms with van der Waals surface area (Å²) in [5, 5.41) is 4.98. The second-order valence-electron chi connectivity index (χ2n) is 7.37. The Kier molecular flexibility index (Phi) is 4.49. The van der Waals surface area contributed by atoms with Gasteiger partial charge in [-0.2, -0.15) is 5.10 Å². The standard InChI is InChI=1S/C24H20N6/c1-16-21-9-10-22(19-5-3-2-4-6-19)23(21)29-30(16)20-11-17(12-26-15-20)7-8-18-13-27-24(25)28-14-18/h2-6,11-15,22H,9-10H2,1H3,(H2,25,27,28). The summed E-state index contributed by atoms with van der Waals surface area (Å²) in [7, 11) is 0. The molecule has 6 heteroatoms. The Hall–Kier alpha value is -3.98. The topological polar surface area (TPSA) is 82.5 Å². The smallest absolute Gasteiger partial charge is 0.219 e. The summed E-state index contributed by atoms with van der Waals surface area (Å²) in [5.74, 6) is 6.75. The van der Waals surface area contributed by atoms with Crippen molar-refractivity contribution in [2.45, 2.75) is 25.7 Å². The molecule has 0 spiro atoms. The van der Waals surface area contributed by atoms with Gasteiger partial charge < -0.3 is 5.73 Å². The molecule has 30 heavy (non-hydrogen) atoms. The van der Waals surface area contributed by atoms with Crippen LogP contribution in [0.25, 0.3) is 5.69 Å². The van der Waals surface area contributed by atoms with E-state index in [-0.39, 0.29) is 5.95 Å². The third-order valence-electron chi connectivity index (χ3n) is 5.48. The predicted octanol–water partition coefficient (Wildman–Crippen LogP) is 3.43. The molecule has 1 atom stereocenters. The molecular weight excluding hydrogens is 372 g/mol. The number of nitrogens with zero attached hydrogens (tertiary/aromatic N) is 5. The monoisotopic (exact) mass is 392 g/mol. The summed E-state index contributed by atoms with van der Waals surface area (Å²) < 4.78 is 1.99. The van der Waals surface area contributed by atoms with Gasteiger partial charge in [-0.3, -0.25) is 4.98 Å². The van der Waals surface area contributed by atoms with Crippen LogP contribution in [-0.2, 0) is 6.42 Å². The van der Waals surface area contributed by atoms with Crippen molar-refractivity contribution < 1.29 is 0 Å². The number of hydrogen-bond donors (Lipinski definition) is 1. The number of aromatic nitrogens is 5. The van der Waals surface area contributed by atoms with Gasteiger partial charge in [0.05, 0.1) is 23.1 Å². The van der Waals surface area contributed by atoms with Gasteiger partial charge in [0.15, 0.2) is 0 Å². The Morgan fingerprint density at radius 1 is 1.00 bits per heavy atom. The summed E-state index contributed by atoms with van der Waals surface area (Å²) in [6.45, 7) is 2.13. The van der Waals surface area contributed by atoms with E-state index in [2.05, 4.69) is 64.0 Å². The lowest BCUT2D eigenvalue weighted by atomic mass is 9.97. The van der Waals surface area contributed by atoms with Crippen LogP contribution < -0.4 is 5.73 Å². The van der Waals surface area contributed by atoms with Gasteiger partial charge >= 0.3 is 0 Å². The van der Waals surface area contributed by atoms with Gasteiger partial charge in [-0.15, -0.1) is 0 Å². The lowest BCUT2D eigenvalue weighted by Crippen LogP contribution is -2.04. The van der Waals surface area contributed by atoms with Crippen molar-refractivity contribution in [2.75, 3.05) is 5.73 Å². The largest absolute Gasteiger partial charge is 0.368 e. The molecule has 0 fully saturated rings. The number of fused-ring (bicyclic) bond motifs is 1. The Morgan fingerprint density at radius 2 is 1.77 bits per heavy atom. The third kappa shape index (κ3) is 3.31. The van der Waals surface area contributed by atoms with Crippen LogP contribution in [0.2, 0.25) is 0 Å². The normalized spacial score (nSPS) is 14.8. The Bertz CT molecular complexity index is 1260. The number of rotatable bonds is 2. The minimum atomic E-state index is 0.236. The van der Waals surface area contributed by atoms with E-state index < -0.39 is 0 Å². The molecule has 0 amide bonds. The molecule has 1 aliphatic carbocycles. The molecule has 3 heterocycles. The van der Waals surface area contributed by atoms with Gasteiger partial charge in [-0.1, -0.05) is 42.2 Å². The molecule has 4 aromatic rings. The number of benzene rings is 1. The number of anilines is 1. The zero-order chi connectivity index (χ0) is 20.5. The molecule has 2 N–H and O–H groups in total. The van der Waals surface area contributed by atoms with E-state index in [1.165, 1.54) is 22.5 Å². The first kappa shape index (κ1) is 18.1. The molecular formula is C24H20N6. The number of hydrogen-bond acceptors (Lipinski definition) is 5. The van der Waals surface area contributed by atoms with Crippen molar-refractivity contribution in [3.05, 3.63) is 94.8 Å². The highest BCUT2D eigenvalue weighted by molar-refractivity contribution is 5.47. The fourth-order valence-corrected chi connectivity index (χ4v) is 3.99. The Labute approximate surface area is 174 Å². The van der Waals surface area contributed by atoms with E-state index >= 15 is 0 Å². The molecule has 1 unspecified atom stereocenters. The van der Waals surface area contributed by atoms with E-state index in [4.69, 9.17) is 10.8 Å². The minimum Gasteiger partial charge on any atom is -0.368 e.